The quantitative estimate of drug-likeness (QED) is 0.491. The zero-order valence-corrected chi connectivity index (χ0v) is 16.2. The van der Waals surface area contributed by atoms with Crippen molar-refractivity contribution in [2.45, 2.75) is 13.0 Å². The van der Waals surface area contributed by atoms with Crippen LogP contribution in [-0.2, 0) is 9.59 Å². The molecule has 1 atom stereocenters. The topological polar surface area (TPSA) is 79.6 Å². The van der Waals surface area contributed by atoms with Crippen LogP contribution in [0.5, 0.6) is 11.5 Å². The number of para-hydroxylation sites is 2. The summed E-state index contributed by atoms with van der Waals surface area (Å²) in [6.45, 7) is 1.44. The molecule has 0 aromatic heterocycles. The monoisotopic (exact) mass is 398 g/mol. The summed E-state index contributed by atoms with van der Waals surface area (Å²) < 4.78 is 11.0. The van der Waals surface area contributed by atoms with E-state index in [4.69, 9.17) is 14.7 Å². The molecule has 3 aromatic rings. The summed E-state index contributed by atoms with van der Waals surface area (Å²) in [7, 11) is 0. The summed E-state index contributed by atoms with van der Waals surface area (Å²) in [5.41, 5.74) is 3.04. The minimum absolute atomic E-state index is 0.207. The maximum absolute atomic E-state index is 12.5. The first-order chi connectivity index (χ1) is 14.5. The normalized spacial score (nSPS) is 15.0. The Morgan fingerprint density at radius 2 is 1.67 bits per heavy atom. The predicted octanol–water partition coefficient (Wildman–Crippen LogP) is 3.94. The molecule has 6 nitrogen and oxygen atoms in total. The highest BCUT2D eigenvalue weighted by molar-refractivity contribution is 6.03. The number of esters is 1. The molecular formula is C24H18N2O4. The molecule has 1 aliphatic rings. The van der Waals surface area contributed by atoms with Gasteiger partial charge in [-0.2, -0.15) is 5.26 Å². The molecule has 6 heteroatoms. The molecule has 0 aliphatic carbocycles. The van der Waals surface area contributed by atoms with Crippen molar-refractivity contribution in [3.05, 3.63) is 78.4 Å². The maximum Gasteiger partial charge on any atom is 0.331 e. The van der Waals surface area contributed by atoms with E-state index in [0.717, 1.165) is 11.1 Å². The minimum Gasteiger partial charge on any atom is -0.479 e. The van der Waals surface area contributed by atoms with E-state index in [1.165, 1.54) is 4.90 Å². The van der Waals surface area contributed by atoms with Crippen LogP contribution < -0.4 is 14.4 Å². The lowest BCUT2D eigenvalue weighted by atomic mass is 10.0. The van der Waals surface area contributed by atoms with E-state index in [1.54, 1.807) is 49.4 Å². The van der Waals surface area contributed by atoms with Gasteiger partial charge in [0.25, 0.3) is 5.91 Å². The number of hydrogen-bond donors (Lipinski definition) is 0. The number of amides is 1. The lowest BCUT2D eigenvalue weighted by Crippen LogP contribution is -2.47. The van der Waals surface area contributed by atoms with Crippen molar-refractivity contribution in [2.75, 3.05) is 11.4 Å². The third-order valence-corrected chi connectivity index (χ3v) is 4.79. The first-order valence-electron chi connectivity index (χ1n) is 9.43. The molecule has 4 rings (SSSR count). The summed E-state index contributed by atoms with van der Waals surface area (Å²) in [5.74, 6) is 0.115. The van der Waals surface area contributed by atoms with Crippen LogP contribution in [0.2, 0.25) is 0 Å². The molecule has 0 N–H and O–H groups in total. The van der Waals surface area contributed by atoms with Crippen LogP contribution in [0.3, 0.4) is 0 Å². The Bertz CT molecular complexity index is 1130. The van der Waals surface area contributed by atoms with E-state index >= 15 is 0 Å². The summed E-state index contributed by atoms with van der Waals surface area (Å²) in [4.78, 5) is 26.4. The number of nitrogens with zero attached hydrogens (tertiary/aromatic N) is 2. The van der Waals surface area contributed by atoms with Crippen LogP contribution in [0.15, 0.2) is 72.8 Å². The molecule has 0 radical (unpaired) electrons. The lowest BCUT2D eigenvalue weighted by Gasteiger charge is -2.32. The fourth-order valence-electron chi connectivity index (χ4n) is 3.27. The molecule has 148 valence electrons. The number of fused-ring (bicyclic) bond motifs is 1. The van der Waals surface area contributed by atoms with E-state index in [1.807, 2.05) is 30.3 Å². The average Bonchev–Trinajstić information content (AvgIpc) is 2.77. The molecule has 0 bridgehead atoms. The maximum atomic E-state index is 12.5. The Morgan fingerprint density at radius 1 is 1.03 bits per heavy atom. The van der Waals surface area contributed by atoms with Crippen LogP contribution in [0.25, 0.3) is 11.1 Å². The highest BCUT2D eigenvalue weighted by Gasteiger charge is 2.32. The SMILES string of the molecule is CC1Oc2ccccc2N(CC(=O)Oc2ccc(-c3ccc(C#N)cc3)cc2)C1=O. The van der Waals surface area contributed by atoms with Gasteiger partial charge in [-0.3, -0.25) is 9.69 Å². The third-order valence-electron chi connectivity index (χ3n) is 4.79. The Kier molecular flexibility index (Phi) is 5.19. The van der Waals surface area contributed by atoms with Gasteiger partial charge < -0.3 is 9.47 Å². The molecule has 1 amide bonds. The lowest BCUT2D eigenvalue weighted by molar-refractivity contribution is -0.135. The van der Waals surface area contributed by atoms with Gasteiger partial charge in [-0.15, -0.1) is 0 Å². The van der Waals surface area contributed by atoms with Crippen LogP contribution in [0, 0.1) is 11.3 Å². The second kappa shape index (κ2) is 8.10. The highest BCUT2D eigenvalue weighted by atomic mass is 16.5. The van der Waals surface area contributed by atoms with Crippen molar-refractivity contribution in [3.63, 3.8) is 0 Å². The minimum atomic E-state index is -0.667. The van der Waals surface area contributed by atoms with Gasteiger partial charge in [0.05, 0.1) is 17.3 Å². The second-order valence-electron chi connectivity index (χ2n) is 6.84. The number of nitriles is 1. The van der Waals surface area contributed by atoms with E-state index in [2.05, 4.69) is 6.07 Å². The van der Waals surface area contributed by atoms with Crippen LogP contribution in [0.4, 0.5) is 5.69 Å². The summed E-state index contributed by atoms with van der Waals surface area (Å²) in [6, 6.07) is 23.5. The molecule has 0 saturated carbocycles. The van der Waals surface area contributed by atoms with Gasteiger partial charge in [-0.25, -0.2) is 4.79 Å². The van der Waals surface area contributed by atoms with Crippen molar-refractivity contribution in [1.29, 1.82) is 5.26 Å². The number of carbonyl (C=O) groups excluding carboxylic acids is 2. The van der Waals surface area contributed by atoms with E-state index in [0.29, 0.717) is 22.7 Å². The largest absolute Gasteiger partial charge is 0.479 e. The standard InChI is InChI=1S/C24H18N2O4/c1-16-24(28)26(21-4-2-3-5-22(21)29-16)15-23(27)30-20-12-10-19(11-13-20)18-8-6-17(14-25)7-9-18/h2-13,16H,15H2,1H3. The van der Waals surface area contributed by atoms with E-state index in [-0.39, 0.29) is 12.5 Å². The second-order valence-corrected chi connectivity index (χ2v) is 6.84. The van der Waals surface area contributed by atoms with E-state index < -0.39 is 12.1 Å². The Morgan fingerprint density at radius 3 is 2.33 bits per heavy atom. The van der Waals surface area contributed by atoms with Crippen molar-refractivity contribution in [3.8, 4) is 28.7 Å². The first-order valence-corrected chi connectivity index (χ1v) is 9.43. The average molecular weight is 398 g/mol. The molecule has 0 spiro atoms. The van der Waals surface area contributed by atoms with E-state index in [9.17, 15) is 9.59 Å². The highest BCUT2D eigenvalue weighted by Crippen LogP contribution is 2.33. The molecule has 1 unspecified atom stereocenters. The van der Waals surface area contributed by atoms with Gasteiger partial charge in [0.1, 0.15) is 18.0 Å². The zero-order chi connectivity index (χ0) is 21.1. The number of anilines is 1. The zero-order valence-electron chi connectivity index (χ0n) is 16.2. The van der Waals surface area contributed by atoms with Crippen LogP contribution in [0.1, 0.15) is 12.5 Å². The molecular weight excluding hydrogens is 380 g/mol. The van der Waals surface area contributed by atoms with Gasteiger partial charge in [0, 0.05) is 0 Å². The van der Waals surface area contributed by atoms with Gasteiger partial charge in [-0.05, 0) is 54.4 Å². The number of carbonyl (C=O) groups is 2. The molecule has 3 aromatic carbocycles. The van der Waals surface area contributed by atoms with Crippen molar-refractivity contribution >= 4 is 17.6 Å². The Hall–Kier alpha value is -4.11. The molecule has 1 heterocycles. The molecule has 0 saturated heterocycles. The van der Waals surface area contributed by atoms with Gasteiger partial charge >= 0.3 is 5.97 Å². The van der Waals surface area contributed by atoms with Crippen molar-refractivity contribution in [2.24, 2.45) is 0 Å². The molecule has 0 fully saturated rings. The van der Waals surface area contributed by atoms with Gasteiger partial charge in [-0.1, -0.05) is 36.4 Å². The van der Waals surface area contributed by atoms with Crippen molar-refractivity contribution < 1.29 is 19.1 Å². The number of rotatable bonds is 4. The molecule has 1 aliphatic heterocycles. The number of benzene rings is 3. The fraction of sp³-hybridized carbons (Fsp3) is 0.125. The Balaban J connectivity index is 1.45. The number of ether oxygens (including phenoxy) is 2. The fourth-order valence-corrected chi connectivity index (χ4v) is 3.27. The summed E-state index contributed by atoms with van der Waals surface area (Å²) >= 11 is 0. The summed E-state index contributed by atoms with van der Waals surface area (Å²) in [5, 5.41) is 8.89. The van der Waals surface area contributed by atoms with Gasteiger partial charge in [0.15, 0.2) is 6.10 Å². The first kappa shape index (κ1) is 19.2. The molecule has 30 heavy (non-hydrogen) atoms. The summed E-state index contributed by atoms with van der Waals surface area (Å²) in [6.07, 6.45) is -0.667. The van der Waals surface area contributed by atoms with Crippen molar-refractivity contribution in [1.82, 2.24) is 0 Å². The van der Waals surface area contributed by atoms with Crippen LogP contribution >= 0.6 is 0 Å². The predicted molar refractivity (Wildman–Crippen MR) is 111 cm³/mol. The van der Waals surface area contributed by atoms with Crippen LogP contribution in [-0.4, -0.2) is 24.5 Å². The smallest absolute Gasteiger partial charge is 0.331 e. The Labute approximate surface area is 173 Å². The number of hydrogen-bond acceptors (Lipinski definition) is 5. The third kappa shape index (κ3) is 3.87. The van der Waals surface area contributed by atoms with Gasteiger partial charge in [0.2, 0.25) is 0 Å².